The average Bonchev–Trinajstić information content (AvgIpc) is 2.90. The number of halogens is 3. The van der Waals surface area contributed by atoms with Gasteiger partial charge in [-0.25, -0.2) is 4.79 Å². The van der Waals surface area contributed by atoms with E-state index in [2.05, 4.69) is 21.0 Å². The van der Waals surface area contributed by atoms with Gasteiger partial charge in [0.1, 0.15) is 0 Å². The van der Waals surface area contributed by atoms with Crippen molar-refractivity contribution in [1.82, 2.24) is 15.1 Å². The normalized spacial score (nSPS) is 11.1. The third kappa shape index (κ3) is 4.72. The number of carbonyl (C=O) groups is 2. The summed E-state index contributed by atoms with van der Waals surface area (Å²) in [6.45, 7) is 2.19. The molecule has 1 heterocycles. The zero-order valence-corrected chi connectivity index (χ0v) is 13.4. The molecular formula is C15H16F3N5O2. The fourth-order valence-electron chi connectivity index (χ4n) is 2.07. The predicted molar refractivity (Wildman–Crippen MR) is 85.3 cm³/mol. The van der Waals surface area contributed by atoms with Gasteiger partial charge in [-0.1, -0.05) is 6.07 Å². The van der Waals surface area contributed by atoms with Crippen LogP contribution in [0.4, 0.5) is 29.3 Å². The van der Waals surface area contributed by atoms with Crippen molar-refractivity contribution in [2.45, 2.75) is 13.1 Å². The van der Waals surface area contributed by atoms with E-state index in [0.717, 1.165) is 10.9 Å². The summed E-state index contributed by atoms with van der Waals surface area (Å²) in [6.07, 6.45) is -3.75. The van der Waals surface area contributed by atoms with Crippen LogP contribution < -0.4 is 16.0 Å². The first kappa shape index (κ1) is 18.3. The molecule has 7 nitrogen and oxygen atoms in total. The largest absolute Gasteiger partial charge is 0.435 e. The van der Waals surface area contributed by atoms with Crippen LogP contribution in [0, 0.1) is 0 Å². The smallest absolute Gasteiger partial charge is 0.338 e. The van der Waals surface area contributed by atoms with Gasteiger partial charge in [-0.15, -0.1) is 0 Å². The van der Waals surface area contributed by atoms with Crippen LogP contribution in [0.15, 0.2) is 30.5 Å². The topological polar surface area (TPSA) is 88.0 Å². The molecule has 0 aliphatic carbocycles. The number of alkyl halides is 3. The lowest BCUT2D eigenvalue weighted by atomic mass is 10.2. The molecule has 3 N–H and O–H groups in total. The van der Waals surface area contributed by atoms with E-state index in [9.17, 15) is 22.8 Å². The molecule has 10 heteroatoms. The third-order valence-electron chi connectivity index (χ3n) is 3.06. The quantitative estimate of drug-likeness (QED) is 0.788. The van der Waals surface area contributed by atoms with E-state index in [4.69, 9.17) is 0 Å². The molecule has 3 amide bonds. The molecule has 2 rings (SSSR count). The Labute approximate surface area is 141 Å². The van der Waals surface area contributed by atoms with Gasteiger partial charge < -0.3 is 16.0 Å². The fraction of sp³-hybridized carbons (Fsp3) is 0.267. The fourth-order valence-corrected chi connectivity index (χ4v) is 2.07. The molecule has 0 bridgehead atoms. The van der Waals surface area contributed by atoms with E-state index >= 15 is 0 Å². The lowest BCUT2D eigenvalue weighted by molar-refractivity contribution is -0.141. The van der Waals surface area contributed by atoms with Gasteiger partial charge in [0.25, 0.3) is 5.91 Å². The van der Waals surface area contributed by atoms with Gasteiger partial charge in [-0.2, -0.15) is 18.3 Å². The Bertz CT molecular complexity index is 786. The Hall–Kier alpha value is -3.04. The van der Waals surface area contributed by atoms with Gasteiger partial charge in [0.05, 0.1) is 5.56 Å². The highest BCUT2D eigenvalue weighted by Gasteiger charge is 2.39. The molecule has 1 aromatic carbocycles. The Morgan fingerprint density at radius 2 is 1.84 bits per heavy atom. The van der Waals surface area contributed by atoms with Gasteiger partial charge in [-0.3, -0.25) is 9.48 Å². The van der Waals surface area contributed by atoms with Gasteiger partial charge in [0.2, 0.25) is 0 Å². The van der Waals surface area contributed by atoms with E-state index in [0.29, 0.717) is 12.2 Å². The molecule has 0 fully saturated rings. The van der Waals surface area contributed by atoms with Crippen LogP contribution in [0.3, 0.4) is 0 Å². The molecule has 0 saturated heterocycles. The first-order chi connectivity index (χ1) is 11.7. The number of hydrogen-bond donors (Lipinski definition) is 3. The molecular weight excluding hydrogens is 339 g/mol. The van der Waals surface area contributed by atoms with Crippen LogP contribution in [0.1, 0.15) is 23.0 Å². The minimum absolute atomic E-state index is 0.233. The second-order valence-electron chi connectivity index (χ2n) is 5.08. The van der Waals surface area contributed by atoms with Gasteiger partial charge in [0.15, 0.2) is 5.69 Å². The molecule has 25 heavy (non-hydrogen) atoms. The van der Waals surface area contributed by atoms with Crippen LogP contribution in [0.2, 0.25) is 0 Å². The third-order valence-corrected chi connectivity index (χ3v) is 3.06. The second kappa shape index (κ2) is 7.24. The van der Waals surface area contributed by atoms with E-state index in [-0.39, 0.29) is 5.69 Å². The molecule has 0 unspecified atom stereocenters. The number of carbonyl (C=O) groups excluding carboxylic acids is 2. The molecule has 0 spiro atoms. The maximum Gasteiger partial charge on any atom is 0.435 e. The second-order valence-corrected chi connectivity index (χ2v) is 5.08. The maximum atomic E-state index is 12.9. The highest BCUT2D eigenvalue weighted by Crippen LogP contribution is 2.31. The van der Waals surface area contributed by atoms with Crippen molar-refractivity contribution in [2.24, 2.45) is 7.05 Å². The number of aryl methyl sites for hydroxylation is 1. The Morgan fingerprint density at radius 3 is 2.44 bits per heavy atom. The van der Waals surface area contributed by atoms with Crippen molar-refractivity contribution in [2.75, 3.05) is 17.2 Å². The summed E-state index contributed by atoms with van der Waals surface area (Å²) in [5.41, 5.74) is -1.23. The molecule has 0 radical (unpaired) electrons. The number of benzene rings is 1. The molecule has 2 aromatic rings. The monoisotopic (exact) mass is 355 g/mol. The van der Waals surface area contributed by atoms with E-state index < -0.39 is 29.4 Å². The van der Waals surface area contributed by atoms with Crippen molar-refractivity contribution in [3.8, 4) is 0 Å². The van der Waals surface area contributed by atoms with Gasteiger partial charge in [-0.05, 0) is 25.1 Å². The van der Waals surface area contributed by atoms with E-state index in [1.54, 1.807) is 19.1 Å². The summed E-state index contributed by atoms with van der Waals surface area (Å²) >= 11 is 0. The Kier molecular flexibility index (Phi) is 5.30. The predicted octanol–water partition coefficient (Wildman–Crippen LogP) is 2.83. The highest BCUT2D eigenvalue weighted by atomic mass is 19.4. The average molecular weight is 355 g/mol. The standard InChI is InChI=1S/C15H16F3N5O2/c1-3-19-14(25)21-10-6-4-5-9(7-10)20-13(24)11-8-23(2)22-12(11)15(16,17)18/h4-8H,3H2,1-2H3,(H,20,24)(H2,19,21,25). The van der Waals surface area contributed by atoms with Gasteiger partial charge in [0, 0.05) is 31.2 Å². The van der Waals surface area contributed by atoms with Gasteiger partial charge >= 0.3 is 12.2 Å². The number of nitrogens with zero attached hydrogens (tertiary/aromatic N) is 2. The number of hydrogen-bond acceptors (Lipinski definition) is 3. The molecule has 0 saturated carbocycles. The highest BCUT2D eigenvalue weighted by molar-refractivity contribution is 6.05. The summed E-state index contributed by atoms with van der Waals surface area (Å²) in [4.78, 5) is 23.6. The number of anilines is 2. The van der Waals surface area contributed by atoms with Crippen molar-refractivity contribution in [3.63, 3.8) is 0 Å². The first-order valence-corrected chi connectivity index (χ1v) is 7.27. The van der Waals surface area contributed by atoms with Crippen LogP contribution in [-0.2, 0) is 13.2 Å². The van der Waals surface area contributed by atoms with Crippen molar-refractivity contribution < 1.29 is 22.8 Å². The lowest BCUT2D eigenvalue weighted by Gasteiger charge is -2.10. The summed E-state index contributed by atoms with van der Waals surface area (Å²) in [6, 6.07) is 5.61. The van der Waals surface area contributed by atoms with Crippen LogP contribution in [-0.4, -0.2) is 28.3 Å². The van der Waals surface area contributed by atoms with Crippen molar-refractivity contribution >= 4 is 23.3 Å². The lowest BCUT2D eigenvalue weighted by Crippen LogP contribution is -2.28. The summed E-state index contributed by atoms with van der Waals surface area (Å²) in [7, 11) is 1.29. The summed E-state index contributed by atoms with van der Waals surface area (Å²) < 4.78 is 39.7. The Balaban J connectivity index is 2.18. The van der Waals surface area contributed by atoms with Crippen molar-refractivity contribution in [1.29, 1.82) is 0 Å². The van der Waals surface area contributed by atoms with Crippen LogP contribution in [0.25, 0.3) is 0 Å². The molecule has 1 aromatic heterocycles. The number of amides is 3. The summed E-state index contributed by atoms with van der Waals surface area (Å²) in [5, 5.41) is 10.7. The number of urea groups is 1. The number of rotatable bonds is 4. The molecule has 0 atom stereocenters. The van der Waals surface area contributed by atoms with Crippen LogP contribution >= 0.6 is 0 Å². The number of nitrogens with one attached hydrogen (secondary N) is 3. The number of aromatic nitrogens is 2. The molecule has 0 aliphatic rings. The van der Waals surface area contributed by atoms with E-state index in [1.807, 2.05) is 0 Å². The minimum Gasteiger partial charge on any atom is -0.338 e. The first-order valence-electron chi connectivity index (χ1n) is 7.27. The van der Waals surface area contributed by atoms with Crippen molar-refractivity contribution in [3.05, 3.63) is 41.7 Å². The molecule has 0 aliphatic heterocycles. The zero-order chi connectivity index (χ0) is 18.6. The SMILES string of the molecule is CCNC(=O)Nc1cccc(NC(=O)c2cn(C)nc2C(F)(F)F)c1. The summed E-state index contributed by atoms with van der Waals surface area (Å²) in [5.74, 6) is -0.949. The Morgan fingerprint density at radius 1 is 1.20 bits per heavy atom. The zero-order valence-electron chi connectivity index (χ0n) is 13.4. The maximum absolute atomic E-state index is 12.9. The van der Waals surface area contributed by atoms with E-state index in [1.165, 1.54) is 19.2 Å². The minimum atomic E-state index is -4.74. The van der Waals surface area contributed by atoms with Crippen LogP contribution in [0.5, 0.6) is 0 Å². The molecule has 134 valence electrons.